The van der Waals surface area contributed by atoms with E-state index in [1.807, 2.05) is 4.90 Å². The summed E-state index contributed by atoms with van der Waals surface area (Å²) >= 11 is 0. The van der Waals surface area contributed by atoms with Crippen LogP contribution in [0, 0.1) is 13.8 Å². The predicted octanol–water partition coefficient (Wildman–Crippen LogP) is 3.46. The Morgan fingerprint density at radius 3 is 2.52 bits per heavy atom. The maximum Gasteiger partial charge on any atom is 0.271 e. The number of benzene rings is 1. The third-order valence-electron chi connectivity index (χ3n) is 7.22. The van der Waals surface area contributed by atoms with Gasteiger partial charge in [0.1, 0.15) is 11.4 Å². The number of aromatic nitrogens is 1. The Hall–Kier alpha value is -2.93. The lowest BCUT2D eigenvalue weighted by Crippen LogP contribution is -2.57. The molecular weight excluding hydrogens is 416 g/mol. The Morgan fingerprint density at radius 2 is 1.85 bits per heavy atom. The zero-order chi connectivity index (χ0) is 23.7. The minimum absolute atomic E-state index is 0.00963. The van der Waals surface area contributed by atoms with Gasteiger partial charge in [0, 0.05) is 52.0 Å². The van der Waals surface area contributed by atoms with Crippen molar-refractivity contribution < 1.29 is 14.3 Å². The van der Waals surface area contributed by atoms with Crippen LogP contribution < -0.4 is 4.74 Å². The SMILES string of the molecule is COc1ccc([C@H]2CCCC3CN(C(=O)c4ccc(C(=O)N(C)C)nc4)CCN32)c(C)c1C. The van der Waals surface area contributed by atoms with E-state index in [1.54, 1.807) is 33.3 Å². The molecule has 176 valence electrons. The average Bonchev–Trinajstić information content (AvgIpc) is 2.84. The van der Waals surface area contributed by atoms with E-state index >= 15 is 0 Å². The van der Waals surface area contributed by atoms with E-state index in [2.05, 4.69) is 35.9 Å². The number of carbonyl (C=O) groups is 2. The van der Waals surface area contributed by atoms with Crippen LogP contribution in [-0.2, 0) is 0 Å². The van der Waals surface area contributed by atoms with Crippen molar-refractivity contribution in [2.75, 3.05) is 40.8 Å². The van der Waals surface area contributed by atoms with Crippen LogP contribution in [0.15, 0.2) is 30.5 Å². The quantitative estimate of drug-likeness (QED) is 0.714. The third-order valence-corrected chi connectivity index (χ3v) is 7.22. The number of amides is 2. The van der Waals surface area contributed by atoms with Crippen molar-refractivity contribution in [2.45, 2.75) is 45.2 Å². The van der Waals surface area contributed by atoms with Crippen LogP contribution in [0.4, 0.5) is 0 Å². The second kappa shape index (κ2) is 9.51. The van der Waals surface area contributed by atoms with E-state index in [-0.39, 0.29) is 11.8 Å². The first-order chi connectivity index (χ1) is 15.8. The molecule has 3 heterocycles. The third kappa shape index (κ3) is 4.47. The van der Waals surface area contributed by atoms with Crippen molar-refractivity contribution in [1.82, 2.24) is 19.7 Å². The van der Waals surface area contributed by atoms with Crippen molar-refractivity contribution in [1.29, 1.82) is 0 Å². The van der Waals surface area contributed by atoms with Gasteiger partial charge in [0.25, 0.3) is 11.8 Å². The van der Waals surface area contributed by atoms with Crippen molar-refractivity contribution in [3.8, 4) is 5.75 Å². The van der Waals surface area contributed by atoms with Gasteiger partial charge in [-0.1, -0.05) is 6.07 Å². The van der Waals surface area contributed by atoms with Gasteiger partial charge in [0.15, 0.2) is 0 Å². The molecule has 2 aromatic rings. The highest BCUT2D eigenvalue weighted by molar-refractivity contribution is 5.96. The first-order valence-electron chi connectivity index (χ1n) is 11.7. The van der Waals surface area contributed by atoms with Gasteiger partial charge >= 0.3 is 0 Å². The zero-order valence-corrected chi connectivity index (χ0v) is 20.3. The maximum atomic E-state index is 13.2. The molecule has 7 heteroatoms. The molecule has 2 saturated heterocycles. The Kier molecular flexibility index (Phi) is 6.70. The van der Waals surface area contributed by atoms with E-state index in [1.165, 1.54) is 27.8 Å². The number of hydrogen-bond acceptors (Lipinski definition) is 5. The largest absolute Gasteiger partial charge is 0.496 e. The van der Waals surface area contributed by atoms with Crippen LogP contribution in [0.2, 0.25) is 0 Å². The van der Waals surface area contributed by atoms with Crippen LogP contribution in [0.1, 0.15) is 62.8 Å². The van der Waals surface area contributed by atoms with Crippen LogP contribution >= 0.6 is 0 Å². The average molecular weight is 451 g/mol. The monoisotopic (exact) mass is 450 g/mol. The number of methoxy groups -OCH3 is 1. The summed E-state index contributed by atoms with van der Waals surface area (Å²) < 4.78 is 5.51. The summed E-state index contributed by atoms with van der Waals surface area (Å²) in [7, 11) is 5.10. The number of piperazine rings is 1. The van der Waals surface area contributed by atoms with E-state index in [9.17, 15) is 9.59 Å². The number of carbonyl (C=O) groups excluding carboxylic acids is 2. The summed E-state index contributed by atoms with van der Waals surface area (Å²) in [6.45, 7) is 6.59. The van der Waals surface area contributed by atoms with Gasteiger partial charge < -0.3 is 14.5 Å². The Morgan fingerprint density at radius 1 is 1.06 bits per heavy atom. The molecule has 1 aromatic carbocycles. The van der Waals surface area contributed by atoms with Crippen molar-refractivity contribution in [3.63, 3.8) is 0 Å². The zero-order valence-electron chi connectivity index (χ0n) is 20.3. The molecule has 2 atom stereocenters. The smallest absolute Gasteiger partial charge is 0.271 e. The fraction of sp³-hybridized carbons (Fsp3) is 0.500. The summed E-state index contributed by atoms with van der Waals surface area (Å²) in [5.41, 5.74) is 4.77. The fourth-order valence-electron chi connectivity index (χ4n) is 5.23. The lowest BCUT2D eigenvalue weighted by Gasteiger charge is -2.48. The summed E-state index contributed by atoms with van der Waals surface area (Å²) in [5, 5.41) is 0. The van der Waals surface area contributed by atoms with E-state index < -0.39 is 0 Å². The molecule has 2 aliphatic rings. The minimum Gasteiger partial charge on any atom is -0.496 e. The first-order valence-corrected chi connectivity index (χ1v) is 11.7. The van der Waals surface area contributed by atoms with Crippen LogP contribution in [0.3, 0.4) is 0 Å². The van der Waals surface area contributed by atoms with Gasteiger partial charge in [-0.25, -0.2) is 0 Å². The van der Waals surface area contributed by atoms with Crippen molar-refractivity contribution in [2.24, 2.45) is 0 Å². The molecule has 0 radical (unpaired) electrons. The standard InChI is InChI=1S/C26H34N4O3/c1-17-18(2)24(33-5)12-10-21(17)23-8-6-7-20-16-29(13-14-30(20)23)25(31)19-9-11-22(27-15-19)26(32)28(3)4/h9-12,15,20,23H,6-8,13-14,16H2,1-5H3/t20?,23-/m1/s1. The maximum absolute atomic E-state index is 13.2. The normalized spacial score (nSPS) is 20.8. The molecule has 0 saturated carbocycles. The van der Waals surface area contributed by atoms with Crippen molar-refractivity contribution in [3.05, 3.63) is 58.4 Å². The number of piperidine rings is 1. The second-order valence-electron chi connectivity index (χ2n) is 9.33. The molecule has 2 amide bonds. The van der Waals surface area contributed by atoms with E-state index in [0.717, 1.165) is 38.1 Å². The summed E-state index contributed by atoms with van der Waals surface area (Å²) in [6, 6.07) is 8.38. The molecule has 33 heavy (non-hydrogen) atoms. The first kappa shape index (κ1) is 23.2. The second-order valence-corrected chi connectivity index (χ2v) is 9.33. The van der Waals surface area contributed by atoms with Crippen molar-refractivity contribution >= 4 is 11.8 Å². The fourth-order valence-corrected chi connectivity index (χ4v) is 5.23. The molecule has 7 nitrogen and oxygen atoms in total. The summed E-state index contributed by atoms with van der Waals surface area (Å²) in [4.78, 5) is 35.5. The molecule has 2 aliphatic heterocycles. The highest BCUT2D eigenvalue weighted by Gasteiger charge is 2.37. The molecule has 4 rings (SSSR count). The van der Waals surface area contributed by atoms with Crippen LogP contribution in [-0.4, -0.2) is 78.4 Å². The number of fused-ring (bicyclic) bond motifs is 1. The number of ether oxygens (including phenoxy) is 1. The van der Waals surface area contributed by atoms with E-state index in [0.29, 0.717) is 29.9 Å². The lowest BCUT2D eigenvalue weighted by molar-refractivity contribution is 0.0101. The topological polar surface area (TPSA) is 66.0 Å². The summed E-state index contributed by atoms with van der Waals surface area (Å²) in [6.07, 6.45) is 4.92. The van der Waals surface area contributed by atoms with Crippen LogP contribution in [0.5, 0.6) is 5.75 Å². The minimum atomic E-state index is -0.167. The molecule has 1 unspecified atom stereocenters. The molecule has 0 spiro atoms. The Labute approximate surface area is 196 Å². The Balaban J connectivity index is 1.48. The van der Waals surface area contributed by atoms with Crippen LogP contribution in [0.25, 0.3) is 0 Å². The molecule has 0 aliphatic carbocycles. The Bertz CT molecular complexity index is 1030. The molecule has 2 fully saturated rings. The lowest BCUT2D eigenvalue weighted by atomic mass is 9.86. The van der Waals surface area contributed by atoms with Gasteiger partial charge in [0.2, 0.25) is 0 Å². The molecule has 0 N–H and O–H groups in total. The highest BCUT2D eigenvalue weighted by Crippen LogP contribution is 2.39. The van der Waals surface area contributed by atoms with Gasteiger partial charge in [-0.05, 0) is 68.0 Å². The van der Waals surface area contributed by atoms with Gasteiger partial charge in [-0.3, -0.25) is 19.5 Å². The number of pyridine rings is 1. The number of rotatable bonds is 4. The van der Waals surface area contributed by atoms with Gasteiger partial charge in [-0.2, -0.15) is 0 Å². The van der Waals surface area contributed by atoms with Gasteiger partial charge in [0.05, 0.1) is 12.7 Å². The van der Waals surface area contributed by atoms with Gasteiger partial charge in [-0.15, -0.1) is 0 Å². The molecule has 1 aromatic heterocycles. The highest BCUT2D eigenvalue weighted by atomic mass is 16.5. The van der Waals surface area contributed by atoms with E-state index in [4.69, 9.17) is 4.74 Å². The number of hydrogen-bond donors (Lipinski definition) is 0. The molecular formula is C26H34N4O3. The predicted molar refractivity (Wildman–Crippen MR) is 128 cm³/mol. The number of nitrogens with zero attached hydrogens (tertiary/aromatic N) is 4. The molecule has 0 bridgehead atoms. The summed E-state index contributed by atoms with van der Waals surface area (Å²) in [5.74, 6) is 0.760.